The minimum absolute atomic E-state index is 0.0421. The molecular formula is C25H24ClN3O4. The van der Waals surface area contributed by atoms with E-state index in [9.17, 15) is 14.9 Å². The number of nitro benzene ring substituents is 1. The highest BCUT2D eigenvalue weighted by atomic mass is 35.5. The van der Waals surface area contributed by atoms with Crippen LogP contribution in [0.5, 0.6) is 0 Å². The molecule has 0 saturated carbocycles. The largest absolute Gasteiger partial charge is 0.456 e. The van der Waals surface area contributed by atoms with Gasteiger partial charge in [-0.05, 0) is 61.2 Å². The van der Waals surface area contributed by atoms with Crippen molar-refractivity contribution in [2.24, 2.45) is 5.92 Å². The standard InChI is InChI=1S/C25H24ClN3O4/c1-17-12-14-28(15-13-17)23-9-6-18(16-21(23)26)27-25(30)11-8-19-7-10-24(33-19)20-4-2-3-5-22(20)29(31)32/h2-11,16-17H,12-15H2,1H3,(H,27,30)/b11-8+. The molecule has 4 rings (SSSR count). The first-order valence-corrected chi connectivity index (χ1v) is 11.2. The molecule has 0 unspecified atom stereocenters. The van der Waals surface area contributed by atoms with Crippen LogP contribution in [0.15, 0.2) is 65.1 Å². The highest BCUT2D eigenvalue weighted by molar-refractivity contribution is 6.33. The smallest absolute Gasteiger partial charge is 0.280 e. The van der Waals surface area contributed by atoms with Crippen LogP contribution in [0.25, 0.3) is 17.4 Å². The second-order valence-corrected chi connectivity index (χ2v) is 8.54. The number of para-hydroxylation sites is 1. The predicted molar refractivity (Wildman–Crippen MR) is 131 cm³/mol. The Morgan fingerprint density at radius 2 is 1.94 bits per heavy atom. The van der Waals surface area contributed by atoms with Crippen molar-refractivity contribution in [1.29, 1.82) is 0 Å². The summed E-state index contributed by atoms with van der Waals surface area (Å²) in [5.41, 5.74) is 1.92. The Morgan fingerprint density at radius 1 is 1.18 bits per heavy atom. The van der Waals surface area contributed by atoms with Crippen LogP contribution in [0.1, 0.15) is 25.5 Å². The molecule has 7 nitrogen and oxygen atoms in total. The number of furan rings is 1. The fraction of sp³-hybridized carbons (Fsp3) is 0.240. The summed E-state index contributed by atoms with van der Waals surface area (Å²) in [6.07, 6.45) is 5.14. The van der Waals surface area contributed by atoms with Crippen molar-refractivity contribution in [3.63, 3.8) is 0 Å². The number of halogens is 1. The molecule has 0 bridgehead atoms. The van der Waals surface area contributed by atoms with Gasteiger partial charge in [0.25, 0.3) is 5.69 Å². The van der Waals surface area contributed by atoms with Gasteiger partial charge in [-0.2, -0.15) is 0 Å². The number of hydrogen-bond acceptors (Lipinski definition) is 5. The van der Waals surface area contributed by atoms with Crippen LogP contribution < -0.4 is 10.2 Å². The van der Waals surface area contributed by atoms with E-state index in [4.69, 9.17) is 16.0 Å². The van der Waals surface area contributed by atoms with Crippen molar-refractivity contribution in [1.82, 2.24) is 0 Å². The van der Waals surface area contributed by atoms with E-state index < -0.39 is 4.92 Å². The minimum atomic E-state index is -0.455. The first-order valence-electron chi connectivity index (χ1n) is 10.8. The Bertz CT molecular complexity index is 1200. The third-order valence-electron chi connectivity index (χ3n) is 5.73. The molecule has 1 aromatic heterocycles. The molecule has 1 aliphatic heterocycles. The Kier molecular flexibility index (Phi) is 6.79. The van der Waals surface area contributed by atoms with Gasteiger partial charge in [-0.3, -0.25) is 14.9 Å². The number of anilines is 2. The first-order chi connectivity index (χ1) is 15.9. The van der Waals surface area contributed by atoms with Crippen LogP contribution in [-0.2, 0) is 4.79 Å². The molecule has 170 valence electrons. The lowest BCUT2D eigenvalue weighted by atomic mass is 9.99. The fourth-order valence-corrected chi connectivity index (χ4v) is 4.16. The van der Waals surface area contributed by atoms with Crippen LogP contribution >= 0.6 is 11.6 Å². The van der Waals surface area contributed by atoms with Crippen molar-refractivity contribution >= 4 is 40.6 Å². The van der Waals surface area contributed by atoms with Crippen molar-refractivity contribution in [2.75, 3.05) is 23.3 Å². The van der Waals surface area contributed by atoms with E-state index in [0.29, 0.717) is 27.8 Å². The zero-order chi connectivity index (χ0) is 23.4. The molecule has 0 spiro atoms. The van der Waals surface area contributed by atoms with Gasteiger partial charge < -0.3 is 14.6 Å². The molecule has 0 atom stereocenters. The van der Waals surface area contributed by atoms with Crippen LogP contribution in [-0.4, -0.2) is 23.9 Å². The highest BCUT2D eigenvalue weighted by Gasteiger charge is 2.19. The molecular weight excluding hydrogens is 442 g/mol. The molecule has 3 aromatic rings. The molecule has 1 fully saturated rings. The van der Waals surface area contributed by atoms with Crippen LogP contribution in [0.3, 0.4) is 0 Å². The summed E-state index contributed by atoms with van der Waals surface area (Å²) in [6, 6.07) is 15.2. The maximum atomic E-state index is 12.4. The number of amides is 1. The van der Waals surface area contributed by atoms with E-state index >= 15 is 0 Å². The van der Waals surface area contributed by atoms with E-state index in [1.54, 1.807) is 36.4 Å². The number of benzene rings is 2. The number of nitro groups is 1. The average Bonchev–Trinajstić information content (AvgIpc) is 3.28. The van der Waals surface area contributed by atoms with Crippen molar-refractivity contribution in [2.45, 2.75) is 19.8 Å². The summed E-state index contributed by atoms with van der Waals surface area (Å²) in [4.78, 5) is 25.4. The van der Waals surface area contributed by atoms with Gasteiger partial charge in [-0.25, -0.2) is 0 Å². The number of carbonyl (C=O) groups excluding carboxylic acids is 1. The lowest BCUT2D eigenvalue weighted by Gasteiger charge is -2.32. The fourth-order valence-electron chi connectivity index (χ4n) is 3.86. The number of nitrogens with one attached hydrogen (secondary N) is 1. The third-order valence-corrected chi connectivity index (χ3v) is 6.03. The van der Waals surface area contributed by atoms with Gasteiger partial charge in [0.1, 0.15) is 11.5 Å². The molecule has 2 aromatic carbocycles. The maximum Gasteiger partial charge on any atom is 0.280 e. The Labute approximate surface area is 196 Å². The monoisotopic (exact) mass is 465 g/mol. The molecule has 8 heteroatoms. The average molecular weight is 466 g/mol. The van der Waals surface area contributed by atoms with Crippen molar-refractivity contribution in [3.05, 3.63) is 81.6 Å². The van der Waals surface area contributed by atoms with Gasteiger partial charge in [0, 0.05) is 30.9 Å². The van der Waals surface area contributed by atoms with E-state index in [1.165, 1.54) is 18.2 Å². The van der Waals surface area contributed by atoms with Gasteiger partial charge in [-0.15, -0.1) is 0 Å². The molecule has 1 aliphatic rings. The molecule has 0 radical (unpaired) electrons. The zero-order valence-corrected chi connectivity index (χ0v) is 18.9. The molecule has 33 heavy (non-hydrogen) atoms. The Balaban J connectivity index is 1.40. The Morgan fingerprint density at radius 3 is 2.67 bits per heavy atom. The topological polar surface area (TPSA) is 88.6 Å². The lowest BCUT2D eigenvalue weighted by Crippen LogP contribution is -2.32. The maximum absolute atomic E-state index is 12.4. The third kappa shape index (κ3) is 5.43. The molecule has 1 amide bonds. The summed E-state index contributed by atoms with van der Waals surface area (Å²) in [6.45, 7) is 4.22. The van der Waals surface area contributed by atoms with Gasteiger partial charge in [0.2, 0.25) is 5.91 Å². The number of nitrogens with zero attached hydrogens (tertiary/aromatic N) is 2. The lowest BCUT2D eigenvalue weighted by molar-refractivity contribution is -0.384. The Hall–Kier alpha value is -3.58. The number of piperidine rings is 1. The van der Waals surface area contributed by atoms with Gasteiger partial charge in [0.15, 0.2) is 0 Å². The van der Waals surface area contributed by atoms with Crippen LogP contribution in [0.4, 0.5) is 17.1 Å². The second-order valence-electron chi connectivity index (χ2n) is 8.13. The molecule has 0 aliphatic carbocycles. The number of rotatable bonds is 6. The van der Waals surface area contributed by atoms with E-state index in [0.717, 1.165) is 37.5 Å². The van der Waals surface area contributed by atoms with Gasteiger partial charge >= 0.3 is 0 Å². The van der Waals surface area contributed by atoms with Crippen molar-refractivity contribution < 1.29 is 14.1 Å². The highest BCUT2D eigenvalue weighted by Crippen LogP contribution is 2.32. The summed E-state index contributed by atoms with van der Waals surface area (Å²) >= 11 is 6.48. The van der Waals surface area contributed by atoms with Gasteiger partial charge in [-0.1, -0.05) is 30.7 Å². The summed E-state index contributed by atoms with van der Waals surface area (Å²) in [5, 5.41) is 14.6. The van der Waals surface area contributed by atoms with Crippen LogP contribution in [0, 0.1) is 16.0 Å². The summed E-state index contributed by atoms with van der Waals surface area (Å²) in [7, 11) is 0. The molecule has 2 heterocycles. The van der Waals surface area contributed by atoms with Crippen LogP contribution in [0.2, 0.25) is 5.02 Å². The summed E-state index contributed by atoms with van der Waals surface area (Å²) in [5.74, 6) is 1.16. The molecule has 1 N–H and O–H groups in total. The first kappa shape index (κ1) is 22.6. The van der Waals surface area contributed by atoms with Crippen molar-refractivity contribution in [3.8, 4) is 11.3 Å². The molecule has 1 saturated heterocycles. The van der Waals surface area contributed by atoms with E-state index in [2.05, 4.69) is 17.1 Å². The normalized spacial score (nSPS) is 14.5. The van der Waals surface area contributed by atoms with Gasteiger partial charge in [0.05, 0.1) is 21.2 Å². The van der Waals surface area contributed by atoms with E-state index in [1.807, 2.05) is 12.1 Å². The summed E-state index contributed by atoms with van der Waals surface area (Å²) < 4.78 is 5.67. The zero-order valence-electron chi connectivity index (χ0n) is 18.2. The predicted octanol–water partition coefficient (Wildman–Crippen LogP) is 6.40. The second kappa shape index (κ2) is 9.92. The SMILES string of the molecule is CC1CCN(c2ccc(NC(=O)/C=C/c3ccc(-c4ccccc4[N+](=O)[O-])o3)cc2Cl)CC1. The van der Waals surface area contributed by atoms with E-state index in [-0.39, 0.29) is 11.6 Å². The number of hydrogen-bond donors (Lipinski definition) is 1. The number of carbonyl (C=O) groups is 1. The minimum Gasteiger partial charge on any atom is -0.456 e. The quantitative estimate of drug-likeness (QED) is 0.258.